The van der Waals surface area contributed by atoms with Crippen LogP contribution in [0, 0.1) is 5.92 Å². The molecule has 0 bridgehead atoms. The van der Waals surface area contributed by atoms with E-state index in [4.69, 9.17) is 9.88 Å². The highest BCUT2D eigenvalue weighted by molar-refractivity contribution is 9.10. The normalized spacial score (nSPS) is 18.3. The van der Waals surface area contributed by atoms with Crippen molar-refractivity contribution in [3.63, 3.8) is 0 Å². The van der Waals surface area contributed by atoms with Crippen molar-refractivity contribution in [3.05, 3.63) is 28.2 Å². The number of ether oxygens (including phenoxy) is 1. The van der Waals surface area contributed by atoms with Gasteiger partial charge in [-0.3, -0.25) is 4.79 Å². The second-order valence-electron chi connectivity index (χ2n) is 5.29. The van der Waals surface area contributed by atoms with Gasteiger partial charge in [0, 0.05) is 23.4 Å². The summed E-state index contributed by atoms with van der Waals surface area (Å²) in [5.41, 5.74) is 0.954. The molecule has 7 nitrogen and oxygen atoms in total. The molecule has 1 unspecified atom stereocenters. The first-order valence-corrected chi connectivity index (χ1v) is 9.49. The Labute approximate surface area is 143 Å². The summed E-state index contributed by atoms with van der Waals surface area (Å²) in [5.74, 6) is -1.19. The van der Waals surface area contributed by atoms with Crippen LogP contribution < -0.4 is 10.0 Å². The highest BCUT2D eigenvalue weighted by Gasteiger charge is 2.33. The maximum absolute atomic E-state index is 12.1. The molecule has 1 aromatic carbocycles. The number of hydrogen-bond acceptors (Lipinski definition) is 5. The molecule has 0 aliphatic carbocycles. The molecule has 1 aromatic rings. The van der Waals surface area contributed by atoms with Gasteiger partial charge in [0.1, 0.15) is 0 Å². The molecule has 0 radical (unpaired) electrons. The summed E-state index contributed by atoms with van der Waals surface area (Å²) in [6, 6.07) is 4.78. The van der Waals surface area contributed by atoms with Crippen LogP contribution in [0.3, 0.4) is 0 Å². The quantitative estimate of drug-likeness (QED) is 0.743. The largest absolute Gasteiger partial charge is 0.462 e. The average Bonchev–Trinajstić information content (AvgIpc) is 2.77. The zero-order chi connectivity index (χ0) is 17.2. The smallest absolute Gasteiger partial charge is 0.338 e. The van der Waals surface area contributed by atoms with Crippen LogP contribution >= 0.6 is 15.9 Å². The number of hydrogen-bond donors (Lipinski definition) is 1. The van der Waals surface area contributed by atoms with Crippen LogP contribution in [0.15, 0.2) is 22.7 Å². The van der Waals surface area contributed by atoms with E-state index in [0.717, 1.165) is 0 Å². The van der Waals surface area contributed by atoms with E-state index >= 15 is 0 Å². The molecule has 1 amide bonds. The van der Waals surface area contributed by atoms with Gasteiger partial charge in [-0.1, -0.05) is 0 Å². The van der Waals surface area contributed by atoms with Gasteiger partial charge in [0.2, 0.25) is 15.9 Å². The fraction of sp³-hybridized carbons (Fsp3) is 0.429. The van der Waals surface area contributed by atoms with Gasteiger partial charge in [-0.25, -0.2) is 18.4 Å². The predicted octanol–water partition coefficient (Wildman–Crippen LogP) is 1.27. The Morgan fingerprint density at radius 1 is 1.48 bits per heavy atom. The van der Waals surface area contributed by atoms with Crippen molar-refractivity contribution in [3.8, 4) is 0 Å². The van der Waals surface area contributed by atoms with Crippen molar-refractivity contribution in [1.82, 2.24) is 0 Å². The third-order valence-corrected chi connectivity index (χ3v) is 4.99. The molecule has 126 valence electrons. The Morgan fingerprint density at radius 3 is 2.74 bits per heavy atom. The molecule has 1 heterocycles. The van der Waals surface area contributed by atoms with Crippen molar-refractivity contribution >= 4 is 43.5 Å². The predicted molar refractivity (Wildman–Crippen MR) is 88.5 cm³/mol. The first kappa shape index (κ1) is 17.9. The topological polar surface area (TPSA) is 107 Å². The number of carbonyl (C=O) groups is 2. The van der Waals surface area contributed by atoms with Crippen LogP contribution in [0.2, 0.25) is 0 Å². The molecule has 2 rings (SSSR count). The fourth-order valence-corrected chi connectivity index (χ4v) is 3.99. The Morgan fingerprint density at radius 2 is 2.17 bits per heavy atom. The molecule has 23 heavy (non-hydrogen) atoms. The van der Waals surface area contributed by atoms with Crippen LogP contribution in [0.1, 0.15) is 23.7 Å². The number of amides is 1. The first-order chi connectivity index (χ1) is 10.7. The molecule has 0 saturated carbocycles. The number of nitrogens with zero attached hydrogens (tertiary/aromatic N) is 1. The van der Waals surface area contributed by atoms with E-state index < -0.39 is 16.0 Å². The number of sulfonamides is 1. The lowest BCUT2D eigenvalue weighted by Crippen LogP contribution is -2.27. The number of carbonyl (C=O) groups excluding carboxylic acids is 2. The Balaban J connectivity index is 2.19. The number of benzene rings is 1. The minimum atomic E-state index is -3.62. The lowest BCUT2D eigenvalue weighted by molar-refractivity contribution is -0.117. The molecular formula is C14H17BrN2O5S. The summed E-state index contributed by atoms with van der Waals surface area (Å²) in [5, 5.41) is 5.04. The van der Waals surface area contributed by atoms with Crippen LogP contribution in [0.25, 0.3) is 0 Å². The van der Waals surface area contributed by atoms with E-state index in [2.05, 4.69) is 15.9 Å². The third kappa shape index (κ3) is 4.52. The summed E-state index contributed by atoms with van der Waals surface area (Å²) >= 11 is 3.34. The van der Waals surface area contributed by atoms with E-state index in [0.29, 0.717) is 15.7 Å². The van der Waals surface area contributed by atoms with Crippen molar-refractivity contribution in [2.24, 2.45) is 11.1 Å². The van der Waals surface area contributed by atoms with Crippen molar-refractivity contribution in [1.29, 1.82) is 0 Å². The SMILES string of the molecule is CCOC(=O)c1ccc(N2CC(CS(N)(=O)=O)CC2=O)c(Br)c1. The number of esters is 1. The summed E-state index contributed by atoms with van der Waals surface area (Å²) in [4.78, 5) is 25.3. The zero-order valence-corrected chi connectivity index (χ0v) is 14.9. The molecule has 9 heteroatoms. The van der Waals surface area contributed by atoms with Crippen LogP contribution in [-0.2, 0) is 19.6 Å². The highest BCUT2D eigenvalue weighted by Crippen LogP contribution is 2.32. The van der Waals surface area contributed by atoms with E-state index in [9.17, 15) is 18.0 Å². The van der Waals surface area contributed by atoms with Gasteiger partial charge < -0.3 is 9.64 Å². The monoisotopic (exact) mass is 404 g/mol. The number of primary sulfonamides is 1. The van der Waals surface area contributed by atoms with Crippen LogP contribution in [-0.4, -0.2) is 39.2 Å². The second-order valence-corrected chi connectivity index (χ2v) is 7.80. The number of rotatable bonds is 5. The molecule has 1 aliphatic rings. The van der Waals surface area contributed by atoms with Crippen LogP contribution in [0.5, 0.6) is 0 Å². The minimum Gasteiger partial charge on any atom is -0.462 e. The molecule has 0 spiro atoms. The molecule has 2 N–H and O–H groups in total. The van der Waals surface area contributed by atoms with Gasteiger partial charge in [0.15, 0.2) is 0 Å². The molecule has 1 fully saturated rings. The fourth-order valence-electron chi connectivity index (χ4n) is 2.52. The summed E-state index contributed by atoms with van der Waals surface area (Å²) in [7, 11) is -3.62. The summed E-state index contributed by atoms with van der Waals surface area (Å²) in [6.45, 7) is 2.26. The Kier molecular flexibility index (Phi) is 5.43. The van der Waals surface area contributed by atoms with E-state index in [1.807, 2.05) is 0 Å². The maximum atomic E-state index is 12.1. The Bertz CT molecular complexity index is 735. The summed E-state index contributed by atoms with van der Waals surface area (Å²) in [6.07, 6.45) is 0.127. The standard InChI is InChI=1S/C14H17BrN2O5S/c1-2-22-14(19)10-3-4-12(11(15)6-10)17-7-9(5-13(17)18)8-23(16,20)21/h3-4,6,9H,2,5,7-8H2,1H3,(H2,16,20,21). The third-order valence-electron chi connectivity index (χ3n) is 3.42. The molecule has 1 atom stereocenters. The molecule has 1 saturated heterocycles. The lowest BCUT2D eigenvalue weighted by atomic mass is 10.1. The summed E-state index contributed by atoms with van der Waals surface area (Å²) < 4.78 is 27.8. The van der Waals surface area contributed by atoms with Gasteiger partial charge in [0.25, 0.3) is 0 Å². The van der Waals surface area contributed by atoms with E-state index in [1.54, 1.807) is 25.1 Å². The van der Waals surface area contributed by atoms with Crippen molar-refractivity contribution in [2.45, 2.75) is 13.3 Å². The van der Waals surface area contributed by atoms with Gasteiger partial charge in [-0.2, -0.15) is 0 Å². The zero-order valence-electron chi connectivity index (χ0n) is 12.5. The number of halogens is 1. The maximum Gasteiger partial charge on any atom is 0.338 e. The second kappa shape index (κ2) is 6.98. The van der Waals surface area contributed by atoms with Gasteiger partial charge in [0.05, 0.1) is 23.6 Å². The number of anilines is 1. The highest BCUT2D eigenvalue weighted by atomic mass is 79.9. The lowest BCUT2D eigenvalue weighted by Gasteiger charge is -2.19. The first-order valence-electron chi connectivity index (χ1n) is 6.98. The van der Waals surface area contributed by atoms with Crippen LogP contribution in [0.4, 0.5) is 5.69 Å². The minimum absolute atomic E-state index is 0.127. The van der Waals surface area contributed by atoms with Crippen molar-refractivity contribution < 1.29 is 22.7 Å². The number of nitrogens with two attached hydrogens (primary N) is 1. The van der Waals surface area contributed by atoms with E-state index in [1.165, 1.54) is 4.90 Å². The van der Waals surface area contributed by atoms with Gasteiger partial charge in [-0.05, 0) is 41.1 Å². The Hall–Kier alpha value is -1.45. The van der Waals surface area contributed by atoms with E-state index in [-0.39, 0.29) is 37.2 Å². The van der Waals surface area contributed by atoms with Gasteiger partial charge in [-0.15, -0.1) is 0 Å². The molecule has 0 aromatic heterocycles. The molecule has 1 aliphatic heterocycles. The van der Waals surface area contributed by atoms with Gasteiger partial charge >= 0.3 is 5.97 Å². The average molecular weight is 405 g/mol. The van der Waals surface area contributed by atoms with Crippen molar-refractivity contribution in [2.75, 3.05) is 23.8 Å². The molecular weight excluding hydrogens is 388 g/mol.